The summed E-state index contributed by atoms with van der Waals surface area (Å²) in [6, 6.07) is 12.3. The average molecular weight is 388 g/mol. The summed E-state index contributed by atoms with van der Waals surface area (Å²) in [5.74, 6) is -1.18. The van der Waals surface area contributed by atoms with E-state index in [1.165, 1.54) is 6.92 Å². The molecule has 6 heteroatoms. The molecule has 0 saturated heterocycles. The van der Waals surface area contributed by atoms with Crippen LogP contribution in [0.2, 0.25) is 5.02 Å². The molecule has 0 radical (unpaired) electrons. The number of esters is 1. The summed E-state index contributed by atoms with van der Waals surface area (Å²) in [6.45, 7) is 5.24. The molecule has 0 bridgehead atoms. The average Bonchev–Trinajstić information content (AvgIpc) is 2.61. The second-order valence-corrected chi connectivity index (χ2v) is 6.81. The molecule has 0 spiro atoms. The predicted molar refractivity (Wildman–Crippen MR) is 105 cm³/mol. The van der Waals surface area contributed by atoms with Crippen LogP contribution in [0.3, 0.4) is 0 Å². The Kier molecular flexibility index (Phi) is 7.13. The van der Waals surface area contributed by atoms with Crippen LogP contribution >= 0.6 is 11.6 Å². The van der Waals surface area contributed by atoms with Gasteiger partial charge in [0.15, 0.2) is 11.9 Å². The van der Waals surface area contributed by atoms with Crippen molar-refractivity contribution < 1.29 is 19.1 Å². The number of carbonyl (C=O) groups excluding carboxylic acids is 3. The van der Waals surface area contributed by atoms with E-state index < -0.39 is 18.0 Å². The molecule has 0 aliphatic heterocycles. The van der Waals surface area contributed by atoms with Crippen LogP contribution in [0.4, 0.5) is 5.69 Å². The maximum Gasteiger partial charge on any atom is 0.307 e. The van der Waals surface area contributed by atoms with Gasteiger partial charge in [-0.3, -0.25) is 14.4 Å². The largest absolute Gasteiger partial charge is 0.453 e. The maximum absolute atomic E-state index is 12.3. The molecule has 1 amide bonds. The summed E-state index contributed by atoms with van der Waals surface area (Å²) in [7, 11) is 0. The number of ketones is 1. The van der Waals surface area contributed by atoms with Crippen LogP contribution in [0.5, 0.6) is 0 Å². The summed E-state index contributed by atoms with van der Waals surface area (Å²) in [6.07, 6.45) is -1.03. The van der Waals surface area contributed by atoms with E-state index in [1.807, 2.05) is 32.0 Å². The standard InChI is InChI=1S/C21H22ClNO4/c1-13-7-8-14(2)18(11-13)19(24)9-10-20(25)27-15(3)21(26)23-17-6-4-5-16(22)12-17/h4-8,11-12,15H,9-10H2,1-3H3,(H,23,26)/t15-/m0/s1. The van der Waals surface area contributed by atoms with E-state index in [1.54, 1.807) is 24.3 Å². The van der Waals surface area contributed by atoms with Gasteiger partial charge < -0.3 is 10.1 Å². The Morgan fingerprint density at radius 2 is 1.81 bits per heavy atom. The molecule has 142 valence electrons. The Labute approximate surface area is 163 Å². The fourth-order valence-corrected chi connectivity index (χ4v) is 2.70. The normalized spacial score (nSPS) is 11.6. The number of halogens is 1. The van der Waals surface area contributed by atoms with Crippen molar-refractivity contribution in [3.05, 3.63) is 64.2 Å². The molecule has 2 aromatic rings. The van der Waals surface area contributed by atoms with E-state index in [0.29, 0.717) is 16.3 Å². The molecule has 2 aromatic carbocycles. The van der Waals surface area contributed by atoms with Crippen molar-refractivity contribution in [3.8, 4) is 0 Å². The van der Waals surface area contributed by atoms with Crippen LogP contribution in [0.1, 0.15) is 41.3 Å². The molecule has 0 aliphatic carbocycles. The molecule has 0 saturated carbocycles. The number of anilines is 1. The highest BCUT2D eigenvalue weighted by Crippen LogP contribution is 2.16. The minimum absolute atomic E-state index is 0.0335. The Bertz CT molecular complexity index is 863. The number of rotatable bonds is 7. The van der Waals surface area contributed by atoms with Crippen molar-refractivity contribution in [3.63, 3.8) is 0 Å². The van der Waals surface area contributed by atoms with Crippen LogP contribution in [0.25, 0.3) is 0 Å². The summed E-state index contributed by atoms with van der Waals surface area (Å²) in [5.41, 5.74) is 2.97. The molecule has 0 fully saturated rings. The van der Waals surface area contributed by atoms with E-state index in [-0.39, 0.29) is 18.6 Å². The Morgan fingerprint density at radius 1 is 1.07 bits per heavy atom. The topological polar surface area (TPSA) is 72.5 Å². The number of aryl methyl sites for hydroxylation is 2. The molecule has 1 atom stereocenters. The molecule has 27 heavy (non-hydrogen) atoms. The smallest absolute Gasteiger partial charge is 0.307 e. The highest BCUT2D eigenvalue weighted by atomic mass is 35.5. The quantitative estimate of drug-likeness (QED) is 0.561. The van der Waals surface area contributed by atoms with Gasteiger partial charge in [0.1, 0.15) is 0 Å². The number of ether oxygens (including phenoxy) is 1. The number of hydrogen-bond acceptors (Lipinski definition) is 4. The number of Topliss-reactive ketones (excluding diaryl/α,β-unsaturated/α-hetero) is 1. The van der Waals surface area contributed by atoms with Crippen molar-refractivity contribution in [2.24, 2.45) is 0 Å². The molecule has 0 unspecified atom stereocenters. The first-order chi connectivity index (χ1) is 12.8. The number of benzene rings is 2. The molecule has 5 nitrogen and oxygen atoms in total. The van der Waals surface area contributed by atoms with Gasteiger partial charge in [-0.1, -0.05) is 35.4 Å². The van der Waals surface area contributed by atoms with Crippen molar-refractivity contribution in [2.75, 3.05) is 5.32 Å². The van der Waals surface area contributed by atoms with Gasteiger partial charge in [-0.25, -0.2) is 0 Å². The van der Waals surface area contributed by atoms with Gasteiger partial charge in [-0.05, 0) is 50.6 Å². The lowest BCUT2D eigenvalue weighted by Gasteiger charge is -2.13. The van der Waals surface area contributed by atoms with Gasteiger partial charge in [0.25, 0.3) is 5.91 Å². The van der Waals surface area contributed by atoms with E-state index in [4.69, 9.17) is 16.3 Å². The van der Waals surface area contributed by atoms with Gasteiger partial charge in [0.05, 0.1) is 6.42 Å². The predicted octanol–water partition coefficient (Wildman–Crippen LogP) is 4.49. The Hall–Kier alpha value is -2.66. The highest BCUT2D eigenvalue weighted by molar-refractivity contribution is 6.30. The fourth-order valence-electron chi connectivity index (χ4n) is 2.51. The fraction of sp³-hybridized carbons (Fsp3) is 0.286. The second kappa shape index (κ2) is 9.33. The molecular weight excluding hydrogens is 366 g/mol. The summed E-state index contributed by atoms with van der Waals surface area (Å²) < 4.78 is 5.12. The van der Waals surface area contributed by atoms with Crippen molar-refractivity contribution in [1.29, 1.82) is 0 Å². The lowest BCUT2D eigenvalue weighted by Crippen LogP contribution is -2.30. The van der Waals surface area contributed by atoms with Crippen LogP contribution in [-0.4, -0.2) is 23.8 Å². The molecular formula is C21H22ClNO4. The lowest BCUT2D eigenvalue weighted by atomic mass is 9.99. The first kappa shape index (κ1) is 20.6. The van der Waals surface area contributed by atoms with E-state index in [0.717, 1.165) is 11.1 Å². The molecule has 0 heterocycles. The minimum Gasteiger partial charge on any atom is -0.453 e. The van der Waals surface area contributed by atoms with Crippen LogP contribution in [0, 0.1) is 13.8 Å². The minimum atomic E-state index is -0.979. The van der Waals surface area contributed by atoms with Gasteiger partial charge in [0.2, 0.25) is 0 Å². The number of carbonyl (C=O) groups is 3. The van der Waals surface area contributed by atoms with Crippen LogP contribution in [0.15, 0.2) is 42.5 Å². The van der Waals surface area contributed by atoms with Crippen molar-refractivity contribution in [1.82, 2.24) is 0 Å². The van der Waals surface area contributed by atoms with Gasteiger partial charge in [-0.15, -0.1) is 0 Å². The third kappa shape index (κ3) is 6.22. The lowest BCUT2D eigenvalue weighted by molar-refractivity contribution is -0.153. The van der Waals surface area contributed by atoms with Gasteiger partial charge in [0, 0.05) is 22.7 Å². The zero-order valence-electron chi connectivity index (χ0n) is 15.5. The van der Waals surface area contributed by atoms with Crippen LogP contribution in [-0.2, 0) is 14.3 Å². The van der Waals surface area contributed by atoms with E-state index in [2.05, 4.69) is 5.32 Å². The molecule has 2 rings (SSSR count). The monoisotopic (exact) mass is 387 g/mol. The highest BCUT2D eigenvalue weighted by Gasteiger charge is 2.19. The molecule has 0 aromatic heterocycles. The summed E-state index contributed by atoms with van der Waals surface area (Å²) >= 11 is 5.87. The van der Waals surface area contributed by atoms with Gasteiger partial charge >= 0.3 is 5.97 Å². The van der Waals surface area contributed by atoms with Crippen LogP contribution < -0.4 is 5.32 Å². The first-order valence-electron chi connectivity index (χ1n) is 8.62. The SMILES string of the molecule is Cc1ccc(C)c(C(=O)CCC(=O)O[C@@H](C)C(=O)Nc2cccc(Cl)c2)c1. The first-order valence-corrected chi connectivity index (χ1v) is 9.00. The number of amides is 1. The zero-order valence-corrected chi connectivity index (χ0v) is 16.3. The summed E-state index contributed by atoms with van der Waals surface area (Å²) in [4.78, 5) is 36.4. The van der Waals surface area contributed by atoms with Crippen molar-refractivity contribution >= 4 is 34.9 Å². The Morgan fingerprint density at radius 3 is 2.52 bits per heavy atom. The summed E-state index contributed by atoms with van der Waals surface area (Å²) in [5, 5.41) is 3.11. The second-order valence-electron chi connectivity index (χ2n) is 6.37. The van der Waals surface area contributed by atoms with E-state index >= 15 is 0 Å². The molecule has 0 aliphatic rings. The zero-order chi connectivity index (χ0) is 20.0. The van der Waals surface area contributed by atoms with Crippen molar-refractivity contribution in [2.45, 2.75) is 39.7 Å². The third-order valence-corrected chi connectivity index (χ3v) is 4.25. The number of nitrogens with one attached hydrogen (secondary N) is 1. The molecule has 1 N–H and O–H groups in total. The van der Waals surface area contributed by atoms with E-state index in [9.17, 15) is 14.4 Å². The Balaban J connectivity index is 1.84. The van der Waals surface area contributed by atoms with Gasteiger partial charge in [-0.2, -0.15) is 0 Å². The maximum atomic E-state index is 12.3. The third-order valence-electron chi connectivity index (χ3n) is 4.02. The number of hydrogen-bond donors (Lipinski definition) is 1.